The lowest BCUT2D eigenvalue weighted by atomic mass is 10.2. The smallest absolute Gasteiger partial charge is 0.259 e. The lowest BCUT2D eigenvalue weighted by molar-refractivity contribution is -0.129. The molecule has 0 unspecified atom stereocenters. The number of nitrogens with two attached hydrogens (primary N) is 1. The predicted molar refractivity (Wildman–Crippen MR) is 68.0 cm³/mol. The van der Waals surface area contributed by atoms with Crippen molar-refractivity contribution in [1.82, 2.24) is 20.0 Å². The second-order valence-electron chi connectivity index (χ2n) is 4.22. The zero-order valence-corrected chi connectivity index (χ0v) is 11.1. The molecule has 0 bridgehead atoms. The zero-order chi connectivity index (χ0) is 13.9. The molecule has 0 aromatic carbocycles. The van der Waals surface area contributed by atoms with E-state index in [-0.39, 0.29) is 24.2 Å². The van der Waals surface area contributed by atoms with Crippen molar-refractivity contribution >= 4 is 17.6 Å². The highest BCUT2D eigenvalue weighted by Gasteiger charge is 2.23. The minimum atomic E-state index is -0.281. The predicted octanol–water partition coefficient (Wildman–Crippen LogP) is -0.149. The molecule has 7 nitrogen and oxygen atoms in total. The molecule has 1 aromatic rings. The first-order valence-electron chi connectivity index (χ1n) is 5.68. The van der Waals surface area contributed by atoms with Gasteiger partial charge in [-0.05, 0) is 13.8 Å². The maximum atomic E-state index is 12.3. The van der Waals surface area contributed by atoms with Crippen molar-refractivity contribution in [3.63, 3.8) is 0 Å². The second-order valence-corrected chi connectivity index (χ2v) is 4.22. The third kappa shape index (κ3) is 2.79. The fourth-order valence-corrected chi connectivity index (χ4v) is 1.51. The number of hydrogen-bond donors (Lipinski definition) is 2. The Labute approximate surface area is 106 Å². The standard InChI is InChI=1S/C11H19N5O2/c1-5-16(6-8(17)15(3)4)11(18)9-7(2)13-14-10(9)12/h5-6H2,1-4H3,(H3,12,13,14). The van der Waals surface area contributed by atoms with E-state index in [4.69, 9.17) is 5.73 Å². The number of aromatic amines is 1. The molecule has 0 saturated heterocycles. The van der Waals surface area contributed by atoms with Crippen molar-refractivity contribution in [3.05, 3.63) is 11.3 Å². The monoisotopic (exact) mass is 253 g/mol. The van der Waals surface area contributed by atoms with Gasteiger partial charge in [0, 0.05) is 26.3 Å². The Morgan fingerprint density at radius 2 is 2.00 bits per heavy atom. The highest BCUT2D eigenvalue weighted by Crippen LogP contribution is 2.15. The number of carbonyl (C=O) groups is 2. The summed E-state index contributed by atoms with van der Waals surface area (Å²) in [6, 6.07) is 0. The number of nitrogens with zero attached hydrogens (tertiary/aromatic N) is 3. The Morgan fingerprint density at radius 3 is 2.39 bits per heavy atom. The first-order valence-corrected chi connectivity index (χ1v) is 5.68. The Morgan fingerprint density at radius 1 is 1.39 bits per heavy atom. The van der Waals surface area contributed by atoms with Crippen molar-refractivity contribution in [2.75, 3.05) is 32.9 Å². The molecule has 1 rings (SSSR count). The van der Waals surface area contributed by atoms with E-state index in [0.29, 0.717) is 17.8 Å². The molecule has 18 heavy (non-hydrogen) atoms. The first kappa shape index (κ1) is 14.0. The average molecular weight is 253 g/mol. The Hall–Kier alpha value is -2.05. The zero-order valence-electron chi connectivity index (χ0n) is 11.1. The summed E-state index contributed by atoms with van der Waals surface area (Å²) >= 11 is 0. The summed E-state index contributed by atoms with van der Waals surface area (Å²) in [5.41, 5.74) is 6.58. The number of H-pyrrole nitrogens is 1. The second kappa shape index (κ2) is 5.52. The average Bonchev–Trinajstić information content (AvgIpc) is 2.64. The molecule has 3 N–H and O–H groups in total. The van der Waals surface area contributed by atoms with Gasteiger partial charge in [0.1, 0.15) is 5.56 Å². The lowest BCUT2D eigenvalue weighted by Crippen LogP contribution is -2.40. The Balaban J connectivity index is 2.90. The minimum absolute atomic E-state index is 0.0341. The number of aryl methyl sites for hydroxylation is 1. The minimum Gasteiger partial charge on any atom is -0.382 e. The van der Waals surface area contributed by atoms with Crippen LogP contribution in [0.3, 0.4) is 0 Å². The van der Waals surface area contributed by atoms with E-state index in [1.807, 2.05) is 6.92 Å². The number of aromatic nitrogens is 2. The van der Waals surface area contributed by atoms with E-state index < -0.39 is 0 Å². The van der Waals surface area contributed by atoms with Crippen LogP contribution in [0.25, 0.3) is 0 Å². The van der Waals surface area contributed by atoms with E-state index in [1.165, 1.54) is 9.80 Å². The van der Waals surface area contributed by atoms with Crippen LogP contribution in [0.2, 0.25) is 0 Å². The molecular weight excluding hydrogens is 234 g/mol. The fraction of sp³-hybridized carbons (Fsp3) is 0.545. The molecule has 0 fully saturated rings. The van der Waals surface area contributed by atoms with Crippen LogP contribution in [0.5, 0.6) is 0 Å². The van der Waals surface area contributed by atoms with Gasteiger partial charge < -0.3 is 15.5 Å². The van der Waals surface area contributed by atoms with E-state index in [0.717, 1.165) is 0 Å². The molecule has 0 aliphatic heterocycles. The molecule has 0 aliphatic carbocycles. The van der Waals surface area contributed by atoms with Gasteiger partial charge in [0.2, 0.25) is 5.91 Å². The van der Waals surface area contributed by atoms with Gasteiger partial charge >= 0.3 is 0 Å². The Bertz CT molecular complexity index is 433. The summed E-state index contributed by atoms with van der Waals surface area (Å²) < 4.78 is 0. The van der Waals surface area contributed by atoms with Gasteiger partial charge in [-0.3, -0.25) is 14.7 Å². The maximum Gasteiger partial charge on any atom is 0.259 e. The number of nitrogens with one attached hydrogen (secondary N) is 1. The molecule has 7 heteroatoms. The van der Waals surface area contributed by atoms with Gasteiger partial charge in [0.05, 0.1) is 6.54 Å². The van der Waals surface area contributed by atoms with E-state index in [1.54, 1.807) is 21.0 Å². The molecule has 0 radical (unpaired) electrons. The van der Waals surface area contributed by atoms with Crippen LogP contribution in [0, 0.1) is 6.92 Å². The molecule has 1 heterocycles. The number of likely N-dealkylation sites (N-methyl/N-ethyl adjacent to an activating group) is 2. The molecule has 0 saturated carbocycles. The summed E-state index contributed by atoms with van der Waals surface area (Å²) in [5.74, 6) is -0.255. The third-order valence-electron chi connectivity index (χ3n) is 2.68. The van der Waals surface area contributed by atoms with Gasteiger partial charge in [-0.25, -0.2) is 0 Å². The summed E-state index contributed by atoms with van der Waals surface area (Å²) in [7, 11) is 3.30. The van der Waals surface area contributed by atoms with Gasteiger partial charge in [-0.15, -0.1) is 0 Å². The largest absolute Gasteiger partial charge is 0.382 e. The lowest BCUT2D eigenvalue weighted by Gasteiger charge is -2.22. The number of carbonyl (C=O) groups excluding carboxylic acids is 2. The highest BCUT2D eigenvalue weighted by atomic mass is 16.2. The van der Waals surface area contributed by atoms with Crippen LogP contribution in [0.1, 0.15) is 23.0 Å². The van der Waals surface area contributed by atoms with E-state index in [2.05, 4.69) is 10.2 Å². The van der Waals surface area contributed by atoms with Crippen LogP contribution in [-0.2, 0) is 4.79 Å². The quantitative estimate of drug-likeness (QED) is 0.780. The highest BCUT2D eigenvalue weighted by molar-refractivity contribution is 6.01. The molecular formula is C11H19N5O2. The van der Waals surface area contributed by atoms with Crippen molar-refractivity contribution in [1.29, 1.82) is 0 Å². The molecule has 2 amide bonds. The summed E-state index contributed by atoms with van der Waals surface area (Å²) in [4.78, 5) is 26.8. The number of amides is 2. The van der Waals surface area contributed by atoms with E-state index >= 15 is 0 Å². The summed E-state index contributed by atoms with van der Waals surface area (Å²) in [5, 5.41) is 6.43. The van der Waals surface area contributed by atoms with Crippen LogP contribution in [0.4, 0.5) is 5.82 Å². The van der Waals surface area contributed by atoms with Gasteiger partial charge in [0.25, 0.3) is 5.91 Å². The van der Waals surface area contributed by atoms with Crippen molar-refractivity contribution in [3.8, 4) is 0 Å². The maximum absolute atomic E-state index is 12.3. The molecule has 0 atom stereocenters. The molecule has 0 spiro atoms. The molecule has 1 aromatic heterocycles. The number of hydrogen-bond acceptors (Lipinski definition) is 4. The number of rotatable bonds is 4. The van der Waals surface area contributed by atoms with Crippen molar-refractivity contribution in [2.24, 2.45) is 0 Å². The van der Waals surface area contributed by atoms with Crippen LogP contribution in [-0.4, -0.2) is 59.0 Å². The topological polar surface area (TPSA) is 95.3 Å². The first-order chi connectivity index (χ1) is 8.38. The van der Waals surface area contributed by atoms with Crippen molar-refractivity contribution in [2.45, 2.75) is 13.8 Å². The van der Waals surface area contributed by atoms with Crippen LogP contribution < -0.4 is 5.73 Å². The normalized spacial score (nSPS) is 10.2. The number of anilines is 1. The third-order valence-corrected chi connectivity index (χ3v) is 2.68. The fourth-order valence-electron chi connectivity index (χ4n) is 1.51. The summed E-state index contributed by atoms with van der Waals surface area (Å²) in [6.07, 6.45) is 0. The van der Waals surface area contributed by atoms with Crippen LogP contribution >= 0.6 is 0 Å². The van der Waals surface area contributed by atoms with Crippen LogP contribution in [0.15, 0.2) is 0 Å². The van der Waals surface area contributed by atoms with Gasteiger partial charge in [-0.2, -0.15) is 5.10 Å². The number of nitrogen functional groups attached to an aromatic ring is 1. The Kier molecular flexibility index (Phi) is 4.30. The molecule has 100 valence electrons. The van der Waals surface area contributed by atoms with Gasteiger partial charge in [-0.1, -0.05) is 0 Å². The van der Waals surface area contributed by atoms with Crippen molar-refractivity contribution < 1.29 is 9.59 Å². The SMILES string of the molecule is CCN(CC(=O)N(C)C)C(=O)c1c(N)n[nH]c1C. The summed E-state index contributed by atoms with van der Waals surface area (Å²) in [6.45, 7) is 4.00. The van der Waals surface area contributed by atoms with E-state index in [9.17, 15) is 9.59 Å². The van der Waals surface area contributed by atoms with Gasteiger partial charge in [0.15, 0.2) is 5.82 Å². The molecule has 0 aliphatic rings.